The van der Waals surface area contributed by atoms with Crippen molar-refractivity contribution in [2.24, 2.45) is 0 Å². The number of rotatable bonds is 8. The Morgan fingerprint density at radius 2 is 1.68 bits per heavy atom. The minimum Gasteiger partial charge on any atom is -0.486 e. The molecule has 0 bridgehead atoms. The molecule has 3 heterocycles. The van der Waals surface area contributed by atoms with Crippen LogP contribution in [0.5, 0.6) is 11.5 Å². The van der Waals surface area contributed by atoms with Crippen LogP contribution in [0.1, 0.15) is 6.42 Å². The van der Waals surface area contributed by atoms with E-state index in [1.807, 2.05) is 0 Å². The van der Waals surface area contributed by atoms with Gasteiger partial charge in [0.05, 0.1) is 31.3 Å². The highest BCUT2D eigenvalue weighted by Gasteiger charge is 2.37. The van der Waals surface area contributed by atoms with Crippen LogP contribution in [0.2, 0.25) is 0 Å². The van der Waals surface area contributed by atoms with Crippen molar-refractivity contribution >= 4 is 21.8 Å². The van der Waals surface area contributed by atoms with Gasteiger partial charge in [-0.2, -0.15) is 4.31 Å². The smallest absolute Gasteiger partial charge is 0.309 e. The van der Waals surface area contributed by atoms with Crippen LogP contribution in [0.4, 0.5) is 0 Å². The number of fused-ring (bicyclic) bond motifs is 1. The molecule has 4 rings (SSSR count). The number of benzene rings is 1. The zero-order valence-corrected chi connectivity index (χ0v) is 19.7. The highest BCUT2D eigenvalue weighted by molar-refractivity contribution is 7.89. The third kappa shape index (κ3) is 5.96. The summed E-state index contributed by atoms with van der Waals surface area (Å²) < 4.78 is 49.2. The molecule has 12 nitrogen and oxygen atoms in total. The van der Waals surface area contributed by atoms with Crippen LogP contribution in [-0.4, -0.2) is 108 Å². The molecule has 2 N–H and O–H groups in total. The number of nitrogens with zero attached hydrogens (tertiary/aromatic N) is 2. The third-order valence-electron chi connectivity index (χ3n) is 5.75. The van der Waals surface area contributed by atoms with Crippen LogP contribution < -0.4 is 20.1 Å². The molecule has 3 aliphatic rings. The molecular weight excluding hydrogens is 468 g/mol. The summed E-state index contributed by atoms with van der Waals surface area (Å²) in [4.78, 5) is 26.5. The van der Waals surface area contributed by atoms with Crippen LogP contribution in [0.25, 0.3) is 0 Å². The van der Waals surface area contributed by atoms with Crippen molar-refractivity contribution in [3.63, 3.8) is 0 Å². The molecule has 3 aliphatic heterocycles. The summed E-state index contributed by atoms with van der Waals surface area (Å²) in [5.74, 6) is -0.745. The van der Waals surface area contributed by atoms with Gasteiger partial charge in [-0.25, -0.2) is 8.42 Å². The maximum atomic E-state index is 13.2. The SMILES string of the molecule is O=C(NCCCN1CCOCC1)C(=O)NC[C@@H]1OCCN1S(=O)(=O)c1ccc2c(c1)OCCO2. The van der Waals surface area contributed by atoms with Crippen molar-refractivity contribution in [1.82, 2.24) is 19.8 Å². The van der Waals surface area contributed by atoms with E-state index in [2.05, 4.69) is 15.5 Å². The van der Waals surface area contributed by atoms with Gasteiger partial charge in [-0.1, -0.05) is 0 Å². The topological polar surface area (TPSA) is 136 Å². The molecule has 2 fully saturated rings. The summed E-state index contributed by atoms with van der Waals surface area (Å²) in [5, 5.41) is 5.05. The molecular formula is C21H30N4O8S. The second-order valence-electron chi connectivity index (χ2n) is 8.02. The molecule has 2 amide bonds. The van der Waals surface area contributed by atoms with Crippen LogP contribution in [0, 0.1) is 0 Å². The molecule has 2 saturated heterocycles. The van der Waals surface area contributed by atoms with E-state index in [0.29, 0.717) is 50.9 Å². The van der Waals surface area contributed by atoms with Crippen molar-refractivity contribution in [2.45, 2.75) is 17.5 Å². The highest BCUT2D eigenvalue weighted by Crippen LogP contribution is 2.34. The zero-order valence-electron chi connectivity index (χ0n) is 18.9. The fourth-order valence-corrected chi connectivity index (χ4v) is 5.46. The summed E-state index contributed by atoms with van der Waals surface area (Å²) >= 11 is 0. The molecule has 0 aliphatic carbocycles. The van der Waals surface area contributed by atoms with E-state index < -0.39 is 28.1 Å². The molecule has 34 heavy (non-hydrogen) atoms. The number of sulfonamides is 1. The number of morpholine rings is 1. The molecule has 0 saturated carbocycles. The Labute approximate surface area is 198 Å². The predicted molar refractivity (Wildman–Crippen MR) is 119 cm³/mol. The lowest BCUT2D eigenvalue weighted by Crippen LogP contribution is -2.47. The van der Waals surface area contributed by atoms with Gasteiger partial charge in [-0.3, -0.25) is 14.5 Å². The lowest BCUT2D eigenvalue weighted by Gasteiger charge is -2.26. The van der Waals surface area contributed by atoms with Crippen molar-refractivity contribution in [3.05, 3.63) is 18.2 Å². The number of carbonyl (C=O) groups excluding carboxylic acids is 2. The standard InChI is InChI=1S/C21H30N4O8S/c26-20(22-4-1-5-24-6-9-30-10-7-24)21(27)23-15-19-25(8-11-33-19)34(28,29)16-2-3-17-18(14-16)32-13-12-31-17/h2-3,14,19H,1,4-13,15H2,(H,22,26)(H,23,27)/t19-/m0/s1. The fraction of sp³-hybridized carbons (Fsp3) is 0.619. The lowest BCUT2D eigenvalue weighted by atomic mass is 10.3. The first-order valence-electron chi connectivity index (χ1n) is 11.3. The van der Waals surface area contributed by atoms with Gasteiger partial charge < -0.3 is 29.6 Å². The number of carbonyl (C=O) groups is 2. The Hall–Kier alpha value is -2.45. The van der Waals surface area contributed by atoms with Gasteiger partial charge in [0, 0.05) is 32.2 Å². The fourth-order valence-electron chi connectivity index (χ4n) is 3.93. The van der Waals surface area contributed by atoms with Crippen molar-refractivity contribution in [1.29, 1.82) is 0 Å². The largest absolute Gasteiger partial charge is 0.486 e. The third-order valence-corrected chi connectivity index (χ3v) is 7.63. The van der Waals surface area contributed by atoms with E-state index in [9.17, 15) is 18.0 Å². The number of hydrogen-bond acceptors (Lipinski definition) is 9. The first kappa shape index (κ1) is 24.7. The predicted octanol–water partition coefficient (Wildman–Crippen LogP) is -1.24. The normalized spacial score (nSPS) is 21.2. The minimum absolute atomic E-state index is 0.0385. The monoisotopic (exact) mass is 498 g/mol. The Kier molecular flexibility index (Phi) is 8.21. The molecule has 0 unspecified atom stereocenters. The number of amides is 2. The average molecular weight is 499 g/mol. The summed E-state index contributed by atoms with van der Waals surface area (Å²) in [6, 6.07) is 4.42. The quantitative estimate of drug-likeness (QED) is 0.333. The second kappa shape index (κ2) is 11.3. The molecule has 1 aromatic carbocycles. The van der Waals surface area contributed by atoms with Crippen molar-refractivity contribution < 1.29 is 37.0 Å². The van der Waals surface area contributed by atoms with Gasteiger partial charge in [0.2, 0.25) is 10.0 Å². The molecule has 13 heteroatoms. The van der Waals surface area contributed by atoms with Gasteiger partial charge in [-0.15, -0.1) is 0 Å². The first-order valence-corrected chi connectivity index (χ1v) is 12.8. The zero-order chi connectivity index (χ0) is 24.0. The van der Waals surface area contributed by atoms with Crippen molar-refractivity contribution in [2.75, 3.05) is 72.3 Å². The van der Waals surface area contributed by atoms with Gasteiger partial charge in [-0.05, 0) is 25.1 Å². The highest BCUT2D eigenvalue weighted by atomic mass is 32.2. The second-order valence-corrected chi connectivity index (χ2v) is 9.91. The Morgan fingerprint density at radius 3 is 2.47 bits per heavy atom. The van der Waals surface area contributed by atoms with E-state index in [1.165, 1.54) is 16.4 Å². The van der Waals surface area contributed by atoms with Gasteiger partial charge in [0.15, 0.2) is 11.5 Å². The van der Waals surface area contributed by atoms with Crippen LogP contribution >= 0.6 is 0 Å². The van der Waals surface area contributed by atoms with Gasteiger partial charge in [0.25, 0.3) is 0 Å². The summed E-state index contributed by atoms with van der Waals surface area (Å²) in [5.41, 5.74) is 0. The average Bonchev–Trinajstić information content (AvgIpc) is 3.35. The van der Waals surface area contributed by atoms with E-state index in [1.54, 1.807) is 6.07 Å². The molecule has 0 aromatic heterocycles. The van der Waals surface area contributed by atoms with Crippen LogP contribution in [-0.2, 0) is 29.1 Å². The maximum Gasteiger partial charge on any atom is 0.309 e. The molecule has 0 radical (unpaired) electrons. The lowest BCUT2D eigenvalue weighted by molar-refractivity contribution is -0.139. The minimum atomic E-state index is -3.91. The Balaban J connectivity index is 1.25. The number of nitrogens with one attached hydrogen (secondary N) is 2. The number of hydrogen-bond donors (Lipinski definition) is 2. The van der Waals surface area contributed by atoms with E-state index in [0.717, 1.165) is 19.6 Å². The molecule has 1 aromatic rings. The van der Waals surface area contributed by atoms with E-state index >= 15 is 0 Å². The van der Waals surface area contributed by atoms with Crippen LogP contribution in [0.15, 0.2) is 23.1 Å². The summed E-state index contributed by atoms with van der Waals surface area (Å²) in [6.07, 6.45) is -0.206. The molecule has 0 spiro atoms. The van der Waals surface area contributed by atoms with E-state index in [4.69, 9.17) is 18.9 Å². The van der Waals surface area contributed by atoms with Gasteiger partial charge in [0.1, 0.15) is 19.4 Å². The molecule has 1 atom stereocenters. The van der Waals surface area contributed by atoms with Gasteiger partial charge >= 0.3 is 11.8 Å². The Bertz CT molecular complexity index is 983. The first-order chi connectivity index (χ1) is 16.4. The van der Waals surface area contributed by atoms with Crippen LogP contribution in [0.3, 0.4) is 0 Å². The Morgan fingerprint density at radius 1 is 0.941 bits per heavy atom. The molecule has 188 valence electrons. The maximum absolute atomic E-state index is 13.2. The van der Waals surface area contributed by atoms with Crippen molar-refractivity contribution in [3.8, 4) is 11.5 Å². The van der Waals surface area contributed by atoms with E-state index in [-0.39, 0.29) is 24.6 Å². The summed E-state index contributed by atoms with van der Waals surface area (Å²) in [7, 11) is -3.91. The summed E-state index contributed by atoms with van der Waals surface area (Å²) in [6.45, 7) is 5.23. The number of ether oxygens (including phenoxy) is 4.